The first-order chi connectivity index (χ1) is 11.2. The van der Waals surface area contributed by atoms with E-state index in [9.17, 15) is 0 Å². The van der Waals surface area contributed by atoms with Gasteiger partial charge in [-0.05, 0) is 31.2 Å². The van der Waals surface area contributed by atoms with Gasteiger partial charge in [-0.2, -0.15) is 5.10 Å². The summed E-state index contributed by atoms with van der Waals surface area (Å²) in [5.41, 5.74) is 1.72. The lowest BCUT2D eigenvalue weighted by atomic mass is 10.3. The van der Waals surface area contributed by atoms with Gasteiger partial charge >= 0.3 is 0 Å². The Morgan fingerprint density at radius 3 is 2.61 bits per heavy atom. The predicted molar refractivity (Wildman–Crippen MR) is 88.0 cm³/mol. The number of hydrogen-bond donors (Lipinski definition) is 1. The molecule has 0 amide bonds. The van der Waals surface area contributed by atoms with Gasteiger partial charge in [-0.15, -0.1) is 0 Å². The van der Waals surface area contributed by atoms with E-state index >= 15 is 0 Å². The van der Waals surface area contributed by atoms with Crippen molar-refractivity contribution in [1.29, 1.82) is 0 Å². The van der Waals surface area contributed by atoms with Crippen molar-refractivity contribution >= 4 is 16.9 Å². The summed E-state index contributed by atoms with van der Waals surface area (Å²) in [6.07, 6.45) is 1.54. The van der Waals surface area contributed by atoms with Crippen LogP contribution in [0.25, 0.3) is 11.0 Å². The fourth-order valence-electron chi connectivity index (χ4n) is 2.42. The van der Waals surface area contributed by atoms with Crippen LogP contribution < -0.4 is 14.8 Å². The molecule has 0 aliphatic heterocycles. The van der Waals surface area contributed by atoms with E-state index in [0.717, 1.165) is 34.0 Å². The van der Waals surface area contributed by atoms with Crippen molar-refractivity contribution < 1.29 is 9.47 Å². The van der Waals surface area contributed by atoms with Gasteiger partial charge in [-0.3, -0.25) is 4.68 Å². The van der Waals surface area contributed by atoms with Crippen LogP contribution in [-0.2, 0) is 7.05 Å². The van der Waals surface area contributed by atoms with Crippen molar-refractivity contribution in [3.8, 4) is 11.5 Å². The van der Waals surface area contributed by atoms with E-state index < -0.39 is 0 Å². The predicted octanol–water partition coefficient (Wildman–Crippen LogP) is 2.17. The second-order valence-electron chi connectivity index (χ2n) is 5.08. The molecule has 3 rings (SSSR count). The molecule has 1 aromatic carbocycles. The molecule has 1 N–H and O–H groups in total. The largest absolute Gasteiger partial charge is 0.497 e. The maximum atomic E-state index is 5.69. The summed E-state index contributed by atoms with van der Waals surface area (Å²) in [6, 6.07) is 7.51. The van der Waals surface area contributed by atoms with Gasteiger partial charge in [0.05, 0.1) is 24.7 Å². The number of rotatable bonds is 6. The minimum atomic E-state index is 0.525. The zero-order valence-corrected chi connectivity index (χ0v) is 13.4. The molecule has 120 valence electrons. The second-order valence-corrected chi connectivity index (χ2v) is 5.08. The lowest BCUT2D eigenvalue weighted by Gasteiger charge is -2.09. The highest BCUT2D eigenvalue weighted by Crippen LogP contribution is 2.22. The summed E-state index contributed by atoms with van der Waals surface area (Å²) in [5, 5.41) is 8.60. The van der Waals surface area contributed by atoms with Gasteiger partial charge in [-0.25, -0.2) is 9.97 Å². The standard InChI is InChI=1S/C16H19N5O2/c1-11-14-15(18-10-19-16(14)21(2)20-11)17-8-9-23-13-6-4-12(22-3)5-7-13/h4-7,10H,8-9H2,1-3H3,(H,17,18,19). The van der Waals surface area contributed by atoms with Crippen LogP contribution in [0.3, 0.4) is 0 Å². The van der Waals surface area contributed by atoms with E-state index in [1.165, 1.54) is 6.33 Å². The minimum Gasteiger partial charge on any atom is -0.497 e. The summed E-state index contributed by atoms with van der Waals surface area (Å²) >= 11 is 0. The third kappa shape index (κ3) is 3.18. The van der Waals surface area contributed by atoms with E-state index in [4.69, 9.17) is 9.47 Å². The van der Waals surface area contributed by atoms with Crippen LogP contribution in [0.1, 0.15) is 5.69 Å². The van der Waals surface area contributed by atoms with E-state index in [1.807, 2.05) is 38.2 Å². The van der Waals surface area contributed by atoms with E-state index in [2.05, 4.69) is 20.4 Å². The molecule has 0 fully saturated rings. The number of nitrogens with one attached hydrogen (secondary N) is 1. The minimum absolute atomic E-state index is 0.525. The number of fused-ring (bicyclic) bond motifs is 1. The molecule has 0 atom stereocenters. The van der Waals surface area contributed by atoms with Gasteiger partial charge in [0.2, 0.25) is 0 Å². The molecule has 0 aliphatic carbocycles. The smallest absolute Gasteiger partial charge is 0.163 e. The van der Waals surface area contributed by atoms with Gasteiger partial charge in [0.1, 0.15) is 30.3 Å². The van der Waals surface area contributed by atoms with Gasteiger partial charge in [0.15, 0.2) is 5.65 Å². The number of hydrogen-bond acceptors (Lipinski definition) is 6. The van der Waals surface area contributed by atoms with Crippen LogP contribution in [0, 0.1) is 6.92 Å². The number of nitrogens with zero attached hydrogens (tertiary/aromatic N) is 4. The number of benzene rings is 1. The molecule has 0 saturated carbocycles. The van der Waals surface area contributed by atoms with Crippen LogP contribution in [0.4, 0.5) is 5.82 Å². The normalized spacial score (nSPS) is 10.7. The molecule has 2 aromatic heterocycles. The molecule has 0 radical (unpaired) electrons. The highest BCUT2D eigenvalue weighted by Gasteiger charge is 2.11. The summed E-state index contributed by atoms with van der Waals surface area (Å²) in [4.78, 5) is 8.56. The molecule has 0 spiro atoms. The molecule has 0 aliphatic rings. The zero-order chi connectivity index (χ0) is 16.2. The Morgan fingerprint density at radius 1 is 1.13 bits per heavy atom. The monoisotopic (exact) mass is 313 g/mol. The van der Waals surface area contributed by atoms with Crippen LogP contribution >= 0.6 is 0 Å². The maximum absolute atomic E-state index is 5.69. The highest BCUT2D eigenvalue weighted by atomic mass is 16.5. The van der Waals surface area contributed by atoms with Crippen LogP contribution in [0.5, 0.6) is 11.5 Å². The van der Waals surface area contributed by atoms with E-state index in [-0.39, 0.29) is 0 Å². The van der Waals surface area contributed by atoms with Crippen molar-refractivity contribution in [2.75, 3.05) is 25.6 Å². The van der Waals surface area contributed by atoms with Crippen molar-refractivity contribution in [2.45, 2.75) is 6.92 Å². The molecule has 7 nitrogen and oxygen atoms in total. The number of aromatic nitrogens is 4. The fourth-order valence-corrected chi connectivity index (χ4v) is 2.42. The Balaban J connectivity index is 1.60. The Morgan fingerprint density at radius 2 is 1.87 bits per heavy atom. The Labute approximate surface area is 134 Å². The van der Waals surface area contributed by atoms with Crippen molar-refractivity contribution in [3.63, 3.8) is 0 Å². The Kier molecular flexibility index (Phi) is 4.27. The first-order valence-electron chi connectivity index (χ1n) is 7.34. The Bertz CT molecular complexity index is 798. The van der Waals surface area contributed by atoms with Crippen molar-refractivity contribution in [1.82, 2.24) is 19.7 Å². The second kappa shape index (κ2) is 6.51. The number of anilines is 1. The van der Waals surface area contributed by atoms with Gasteiger partial charge in [-0.1, -0.05) is 0 Å². The molecule has 0 unspecified atom stereocenters. The summed E-state index contributed by atoms with van der Waals surface area (Å²) < 4.78 is 12.6. The third-order valence-corrected chi connectivity index (χ3v) is 3.52. The molecular weight excluding hydrogens is 294 g/mol. The summed E-state index contributed by atoms with van der Waals surface area (Å²) in [6.45, 7) is 3.11. The lowest BCUT2D eigenvalue weighted by molar-refractivity contribution is 0.331. The fraction of sp³-hybridized carbons (Fsp3) is 0.312. The lowest BCUT2D eigenvalue weighted by Crippen LogP contribution is -2.12. The average Bonchev–Trinajstić information content (AvgIpc) is 2.87. The zero-order valence-electron chi connectivity index (χ0n) is 13.4. The quantitative estimate of drug-likeness (QED) is 0.703. The first kappa shape index (κ1) is 15.1. The topological polar surface area (TPSA) is 74.1 Å². The van der Waals surface area contributed by atoms with Crippen LogP contribution in [-0.4, -0.2) is 40.0 Å². The van der Waals surface area contributed by atoms with Crippen molar-refractivity contribution in [2.24, 2.45) is 7.05 Å². The molecule has 7 heteroatoms. The van der Waals surface area contributed by atoms with E-state index in [1.54, 1.807) is 11.8 Å². The van der Waals surface area contributed by atoms with Crippen LogP contribution in [0.15, 0.2) is 30.6 Å². The summed E-state index contributed by atoms with van der Waals surface area (Å²) in [5.74, 6) is 2.39. The van der Waals surface area contributed by atoms with Crippen molar-refractivity contribution in [3.05, 3.63) is 36.3 Å². The molecule has 0 bridgehead atoms. The average molecular weight is 313 g/mol. The third-order valence-electron chi connectivity index (χ3n) is 3.52. The Hall–Kier alpha value is -2.83. The molecule has 2 heterocycles. The van der Waals surface area contributed by atoms with Gasteiger partial charge < -0.3 is 14.8 Å². The maximum Gasteiger partial charge on any atom is 0.163 e. The van der Waals surface area contributed by atoms with Crippen LogP contribution in [0.2, 0.25) is 0 Å². The molecule has 3 aromatic rings. The SMILES string of the molecule is COc1ccc(OCCNc2ncnc3c2c(C)nn3C)cc1. The molecule has 0 saturated heterocycles. The first-order valence-corrected chi connectivity index (χ1v) is 7.34. The summed E-state index contributed by atoms with van der Waals surface area (Å²) in [7, 11) is 3.52. The number of methoxy groups -OCH3 is 1. The van der Waals surface area contributed by atoms with E-state index in [0.29, 0.717) is 13.2 Å². The van der Waals surface area contributed by atoms with Gasteiger partial charge in [0.25, 0.3) is 0 Å². The molecular formula is C16H19N5O2. The number of ether oxygens (including phenoxy) is 2. The molecule has 23 heavy (non-hydrogen) atoms. The number of aryl methyl sites for hydroxylation is 2. The van der Waals surface area contributed by atoms with Gasteiger partial charge in [0, 0.05) is 7.05 Å². The highest BCUT2D eigenvalue weighted by molar-refractivity contribution is 5.88.